The van der Waals surface area contributed by atoms with Crippen molar-refractivity contribution in [3.05, 3.63) is 95.5 Å². The van der Waals surface area contributed by atoms with E-state index in [4.69, 9.17) is 28.6 Å². The molecule has 5 nitrogen and oxygen atoms in total. The van der Waals surface area contributed by atoms with Crippen LogP contribution in [-0.4, -0.2) is 28.4 Å². The Kier molecular flexibility index (Phi) is 6.12. The number of rotatable bonds is 5. The summed E-state index contributed by atoms with van der Waals surface area (Å²) in [6, 6.07) is 25.6. The SMILES string of the molecule is COC(=O)[C@@]1(C)NC(=S)N(P(=O)(c2ccccc2)c2ccccc2)[C@@]1(C)c1ccc(Cl)cc1. The molecule has 3 aromatic carbocycles. The summed E-state index contributed by atoms with van der Waals surface area (Å²) < 4.78 is 22.2. The molecule has 0 bridgehead atoms. The standard InChI is InChI=1S/C25H24ClN2O3PS/c1-24(22(29)31-3)25(2,18-14-16-19(26)17-15-18)28(23(33)27-24)32(30,20-10-6-4-7-11-20)21-12-8-5-9-13-21/h4-17H,1-3H3,(H,27,33)/t24-,25+/m1/s1. The molecule has 0 unspecified atom stereocenters. The number of nitrogens with one attached hydrogen (secondary N) is 1. The van der Waals surface area contributed by atoms with Crippen LogP contribution < -0.4 is 15.9 Å². The Bertz CT molecular complexity index is 1200. The molecule has 33 heavy (non-hydrogen) atoms. The number of benzene rings is 3. The Hall–Kier alpha value is -2.66. The van der Waals surface area contributed by atoms with E-state index >= 15 is 4.57 Å². The first-order valence-corrected chi connectivity index (χ1v) is 12.8. The van der Waals surface area contributed by atoms with Crippen molar-refractivity contribution in [2.45, 2.75) is 24.9 Å². The lowest BCUT2D eigenvalue weighted by molar-refractivity contribution is -0.150. The average Bonchev–Trinajstić information content (AvgIpc) is 3.06. The molecule has 8 heteroatoms. The minimum atomic E-state index is -3.57. The largest absolute Gasteiger partial charge is 0.467 e. The van der Waals surface area contributed by atoms with Gasteiger partial charge in [-0.05, 0) is 68.0 Å². The molecule has 2 atom stereocenters. The van der Waals surface area contributed by atoms with E-state index in [0.29, 0.717) is 15.6 Å². The first-order valence-electron chi connectivity index (χ1n) is 10.4. The van der Waals surface area contributed by atoms with Crippen molar-refractivity contribution in [3.63, 3.8) is 0 Å². The first kappa shape index (κ1) is 23.5. The van der Waals surface area contributed by atoms with Crippen molar-refractivity contribution >= 4 is 52.8 Å². The van der Waals surface area contributed by atoms with Gasteiger partial charge in [0.15, 0.2) is 10.7 Å². The van der Waals surface area contributed by atoms with Gasteiger partial charge in [0.05, 0.1) is 7.11 Å². The van der Waals surface area contributed by atoms with Crippen LogP contribution in [0, 0.1) is 0 Å². The normalized spacial score (nSPS) is 22.7. The van der Waals surface area contributed by atoms with Crippen LogP contribution in [0.3, 0.4) is 0 Å². The lowest BCUT2D eigenvalue weighted by Crippen LogP contribution is -2.60. The van der Waals surface area contributed by atoms with Gasteiger partial charge >= 0.3 is 5.97 Å². The van der Waals surface area contributed by atoms with Crippen molar-refractivity contribution < 1.29 is 14.1 Å². The predicted molar refractivity (Wildman–Crippen MR) is 137 cm³/mol. The third-order valence-corrected chi connectivity index (χ3v) is 10.3. The van der Waals surface area contributed by atoms with Gasteiger partial charge in [-0.25, -0.2) is 4.79 Å². The molecule has 0 radical (unpaired) electrons. The number of thiocarbonyl (C=S) groups is 1. The van der Waals surface area contributed by atoms with Crippen LogP contribution in [0.1, 0.15) is 19.4 Å². The first-order chi connectivity index (χ1) is 15.7. The molecule has 170 valence electrons. The summed E-state index contributed by atoms with van der Waals surface area (Å²) in [5.41, 5.74) is -1.78. The molecule has 1 aliphatic rings. The van der Waals surface area contributed by atoms with Crippen LogP contribution in [0.2, 0.25) is 5.02 Å². The van der Waals surface area contributed by atoms with Gasteiger partial charge < -0.3 is 10.1 Å². The summed E-state index contributed by atoms with van der Waals surface area (Å²) in [6.07, 6.45) is 0. The fourth-order valence-corrected chi connectivity index (χ4v) is 8.45. The maximum atomic E-state index is 15.3. The van der Waals surface area contributed by atoms with Crippen LogP contribution in [0.5, 0.6) is 0 Å². The quantitative estimate of drug-likeness (QED) is 0.315. The van der Waals surface area contributed by atoms with Gasteiger partial charge in [0.25, 0.3) is 0 Å². The molecule has 0 aliphatic carbocycles. The molecule has 4 rings (SSSR count). The van der Waals surface area contributed by atoms with E-state index in [0.717, 1.165) is 5.56 Å². The van der Waals surface area contributed by atoms with Gasteiger partial charge in [-0.1, -0.05) is 60.1 Å². The second-order valence-corrected chi connectivity index (χ2v) is 11.6. The van der Waals surface area contributed by atoms with Gasteiger partial charge in [-0.15, -0.1) is 0 Å². The monoisotopic (exact) mass is 498 g/mol. The second kappa shape index (κ2) is 8.60. The number of halogens is 1. The Balaban J connectivity index is 2.07. The van der Waals surface area contributed by atoms with E-state index in [-0.39, 0.29) is 5.11 Å². The molecular formula is C25H24ClN2O3PS. The number of methoxy groups -OCH3 is 1. The lowest BCUT2D eigenvalue weighted by Gasteiger charge is -2.46. The Morgan fingerprint density at radius 1 is 0.939 bits per heavy atom. The van der Waals surface area contributed by atoms with Crippen LogP contribution in [0.15, 0.2) is 84.9 Å². The Labute approximate surface area is 204 Å². The summed E-state index contributed by atoms with van der Waals surface area (Å²) in [5.74, 6) is -0.516. The molecule has 0 spiro atoms. The van der Waals surface area contributed by atoms with Gasteiger partial charge in [-0.2, -0.15) is 0 Å². The zero-order chi connectivity index (χ0) is 23.9. The molecule has 0 saturated carbocycles. The number of ether oxygens (including phenoxy) is 1. The van der Waals surface area contributed by atoms with E-state index in [1.807, 2.05) is 79.7 Å². The highest BCUT2D eigenvalue weighted by Crippen LogP contribution is 2.60. The zero-order valence-corrected chi connectivity index (χ0v) is 21.0. The van der Waals surface area contributed by atoms with Gasteiger partial charge in [0.1, 0.15) is 5.54 Å². The smallest absolute Gasteiger partial charge is 0.334 e. The molecular weight excluding hydrogens is 475 g/mol. The number of hydrogen-bond donors (Lipinski definition) is 1. The second-order valence-electron chi connectivity index (χ2n) is 8.18. The summed E-state index contributed by atoms with van der Waals surface area (Å²) in [4.78, 5) is 13.2. The van der Waals surface area contributed by atoms with E-state index in [1.165, 1.54) is 7.11 Å². The minimum absolute atomic E-state index is 0.205. The van der Waals surface area contributed by atoms with E-state index in [9.17, 15) is 4.79 Å². The fourth-order valence-electron chi connectivity index (χ4n) is 4.49. The van der Waals surface area contributed by atoms with Crippen LogP contribution in [0.4, 0.5) is 0 Å². The summed E-state index contributed by atoms with van der Waals surface area (Å²) >= 11 is 12.0. The molecule has 0 aromatic heterocycles. The fraction of sp³-hybridized carbons (Fsp3) is 0.200. The molecule has 1 N–H and O–H groups in total. The third-order valence-electron chi connectivity index (χ3n) is 6.44. The molecule has 3 aromatic rings. The maximum absolute atomic E-state index is 15.3. The lowest BCUT2D eigenvalue weighted by atomic mass is 9.76. The predicted octanol–water partition coefficient (Wildman–Crippen LogP) is 4.61. The van der Waals surface area contributed by atoms with E-state index in [1.54, 1.807) is 23.7 Å². The topological polar surface area (TPSA) is 58.6 Å². The highest BCUT2D eigenvalue weighted by Gasteiger charge is 2.66. The van der Waals surface area contributed by atoms with Crippen molar-refractivity contribution in [1.29, 1.82) is 0 Å². The molecule has 1 saturated heterocycles. The van der Waals surface area contributed by atoms with E-state index in [2.05, 4.69) is 5.32 Å². The zero-order valence-electron chi connectivity index (χ0n) is 18.5. The van der Waals surface area contributed by atoms with Crippen LogP contribution >= 0.6 is 31.1 Å². The van der Waals surface area contributed by atoms with Crippen LogP contribution in [0.25, 0.3) is 0 Å². The highest BCUT2D eigenvalue weighted by atomic mass is 35.5. The van der Waals surface area contributed by atoms with Gasteiger partial charge in [0.2, 0.25) is 7.29 Å². The maximum Gasteiger partial charge on any atom is 0.334 e. The highest BCUT2D eigenvalue weighted by molar-refractivity contribution is 7.83. The molecule has 1 aliphatic heterocycles. The summed E-state index contributed by atoms with van der Waals surface area (Å²) in [6.45, 7) is 3.58. The number of carbonyl (C=O) groups is 1. The van der Waals surface area contributed by atoms with Gasteiger partial charge in [-0.3, -0.25) is 9.24 Å². The van der Waals surface area contributed by atoms with Gasteiger partial charge in [0, 0.05) is 15.6 Å². The number of esters is 1. The van der Waals surface area contributed by atoms with Crippen molar-refractivity contribution in [1.82, 2.24) is 9.99 Å². The summed E-state index contributed by atoms with van der Waals surface area (Å²) in [5, 5.41) is 5.13. The third kappa shape index (κ3) is 3.48. The van der Waals surface area contributed by atoms with Crippen molar-refractivity contribution in [3.8, 4) is 0 Å². The molecule has 1 fully saturated rings. The number of hydrogen-bond acceptors (Lipinski definition) is 4. The average molecular weight is 499 g/mol. The van der Waals surface area contributed by atoms with Crippen LogP contribution in [-0.2, 0) is 19.6 Å². The molecule has 0 amide bonds. The van der Waals surface area contributed by atoms with E-state index < -0.39 is 24.3 Å². The Morgan fingerprint density at radius 3 is 1.88 bits per heavy atom. The minimum Gasteiger partial charge on any atom is -0.467 e. The number of nitrogens with zero attached hydrogens (tertiary/aromatic N) is 1. The molecule has 1 heterocycles. The summed E-state index contributed by atoms with van der Waals surface area (Å²) in [7, 11) is -2.24. The Morgan fingerprint density at radius 2 is 1.42 bits per heavy atom. The number of carbonyl (C=O) groups excluding carboxylic acids is 1. The van der Waals surface area contributed by atoms with Crippen molar-refractivity contribution in [2.75, 3.05) is 7.11 Å². The van der Waals surface area contributed by atoms with Crippen molar-refractivity contribution in [2.24, 2.45) is 0 Å².